The van der Waals surface area contributed by atoms with Crippen molar-refractivity contribution in [2.45, 2.75) is 52.0 Å². The van der Waals surface area contributed by atoms with E-state index >= 15 is 0 Å². The highest BCUT2D eigenvalue weighted by Gasteiger charge is 2.24. The molecule has 4 nitrogen and oxygen atoms in total. The Bertz CT molecular complexity index is 294. The van der Waals surface area contributed by atoms with Crippen molar-refractivity contribution in [1.82, 2.24) is 15.1 Å². The molecule has 4 heteroatoms. The molecule has 0 atom stereocenters. The summed E-state index contributed by atoms with van der Waals surface area (Å²) in [5.41, 5.74) is 0. The Morgan fingerprint density at radius 3 is 2.50 bits per heavy atom. The first-order valence-corrected chi connectivity index (χ1v) is 8.39. The van der Waals surface area contributed by atoms with Crippen LogP contribution in [0, 0.1) is 5.92 Å². The zero-order valence-corrected chi connectivity index (χ0v) is 13.2. The number of nitrogens with zero attached hydrogens (tertiary/aromatic N) is 2. The van der Waals surface area contributed by atoms with E-state index in [1.54, 1.807) is 0 Å². The van der Waals surface area contributed by atoms with E-state index in [0.29, 0.717) is 18.2 Å². The van der Waals surface area contributed by atoms with Gasteiger partial charge in [-0.15, -0.1) is 0 Å². The number of hydrogen-bond donors (Lipinski definition) is 1. The molecule has 0 radical (unpaired) electrons. The summed E-state index contributed by atoms with van der Waals surface area (Å²) in [4.78, 5) is 16.9. The van der Waals surface area contributed by atoms with E-state index in [2.05, 4.69) is 24.1 Å². The van der Waals surface area contributed by atoms with Crippen LogP contribution in [0.2, 0.25) is 0 Å². The molecule has 0 aromatic heterocycles. The molecule has 1 aliphatic heterocycles. The van der Waals surface area contributed by atoms with Crippen LogP contribution in [0.5, 0.6) is 0 Å². The highest BCUT2D eigenvalue weighted by atomic mass is 16.2. The average Bonchev–Trinajstić information content (AvgIpc) is 2.97. The van der Waals surface area contributed by atoms with Crippen molar-refractivity contribution in [2.24, 2.45) is 5.92 Å². The number of carbonyl (C=O) groups excluding carboxylic acids is 1. The molecule has 20 heavy (non-hydrogen) atoms. The lowest BCUT2D eigenvalue weighted by Crippen LogP contribution is -2.47. The van der Waals surface area contributed by atoms with E-state index in [1.165, 1.54) is 25.7 Å². The quantitative estimate of drug-likeness (QED) is 0.805. The summed E-state index contributed by atoms with van der Waals surface area (Å²) >= 11 is 0. The number of carbonyl (C=O) groups is 1. The lowest BCUT2D eigenvalue weighted by Gasteiger charge is -2.32. The van der Waals surface area contributed by atoms with Gasteiger partial charge in [0.15, 0.2) is 0 Å². The van der Waals surface area contributed by atoms with E-state index in [4.69, 9.17) is 0 Å². The summed E-state index contributed by atoms with van der Waals surface area (Å²) in [5, 5.41) is 3.30. The summed E-state index contributed by atoms with van der Waals surface area (Å²) in [6.07, 6.45) is 6.09. The van der Waals surface area contributed by atoms with E-state index in [0.717, 1.165) is 45.3 Å². The first-order chi connectivity index (χ1) is 9.66. The first-order valence-electron chi connectivity index (χ1n) is 8.39. The standard InChI is InChI=1S/C16H31N3O/c1-14(2)13-19(15-5-3-4-6-15)10-7-16(20)18-11-8-17-9-12-18/h14-15,17H,3-13H2,1-2H3. The van der Waals surface area contributed by atoms with Gasteiger partial charge in [0.05, 0.1) is 0 Å². The molecule has 0 unspecified atom stereocenters. The Morgan fingerprint density at radius 2 is 1.90 bits per heavy atom. The zero-order valence-electron chi connectivity index (χ0n) is 13.2. The van der Waals surface area contributed by atoms with Gasteiger partial charge in [-0.25, -0.2) is 0 Å². The molecule has 2 fully saturated rings. The molecule has 1 amide bonds. The van der Waals surface area contributed by atoms with Gasteiger partial charge in [-0.3, -0.25) is 9.69 Å². The van der Waals surface area contributed by atoms with Crippen molar-refractivity contribution in [3.63, 3.8) is 0 Å². The second-order valence-electron chi connectivity index (χ2n) is 6.71. The highest BCUT2D eigenvalue weighted by molar-refractivity contribution is 5.76. The van der Waals surface area contributed by atoms with Crippen molar-refractivity contribution in [3.05, 3.63) is 0 Å². The molecule has 1 heterocycles. The number of amides is 1. The number of nitrogens with one attached hydrogen (secondary N) is 1. The molecular formula is C16H31N3O. The fourth-order valence-electron chi connectivity index (χ4n) is 3.47. The van der Waals surface area contributed by atoms with E-state index < -0.39 is 0 Å². The minimum absolute atomic E-state index is 0.346. The van der Waals surface area contributed by atoms with Crippen molar-refractivity contribution >= 4 is 5.91 Å². The third-order valence-electron chi connectivity index (χ3n) is 4.52. The summed E-state index contributed by atoms with van der Waals surface area (Å²) in [6, 6.07) is 0.730. The summed E-state index contributed by atoms with van der Waals surface area (Å²) in [6.45, 7) is 10.3. The molecule has 0 aromatic carbocycles. The summed E-state index contributed by atoms with van der Waals surface area (Å²) in [5.74, 6) is 1.03. The Balaban J connectivity index is 1.79. The molecular weight excluding hydrogens is 250 g/mol. The molecule has 116 valence electrons. The van der Waals surface area contributed by atoms with E-state index in [9.17, 15) is 4.79 Å². The van der Waals surface area contributed by atoms with Gasteiger partial charge in [-0.05, 0) is 18.8 Å². The Morgan fingerprint density at radius 1 is 1.25 bits per heavy atom. The monoisotopic (exact) mass is 281 g/mol. The predicted octanol–water partition coefficient (Wildman–Crippen LogP) is 1.71. The molecule has 1 saturated carbocycles. The van der Waals surface area contributed by atoms with Gasteiger partial charge in [0.25, 0.3) is 0 Å². The maximum absolute atomic E-state index is 12.3. The Hall–Kier alpha value is -0.610. The van der Waals surface area contributed by atoms with E-state index in [1.807, 2.05) is 4.90 Å². The molecule has 2 aliphatic rings. The Kier molecular flexibility index (Phi) is 6.30. The molecule has 0 aromatic rings. The summed E-state index contributed by atoms with van der Waals surface area (Å²) in [7, 11) is 0. The third-order valence-corrected chi connectivity index (χ3v) is 4.52. The lowest BCUT2D eigenvalue weighted by atomic mass is 10.1. The molecule has 1 saturated heterocycles. The fraction of sp³-hybridized carbons (Fsp3) is 0.938. The van der Waals surface area contributed by atoms with Crippen molar-refractivity contribution in [1.29, 1.82) is 0 Å². The van der Waals surface area contributed by atoms with Gasteiger partial charge in [0.1, 0.15) is 0 Å². The van der Waals surface area contributed by atoms with Gasteiger partial charge in [-0.2, -0.15) is 0 Å². The van der Waals surface area contributed by atoms with Gasteiger partial charge < -0.3 is 10.2 Å². The van der Waals surface area contributed by atoms with Gasteiger partial charge in [0, 0.05) is 51.7 Å². The third kappa shape index (κ3) is 4.74. The van der Waals surface area contributed by atoms with E-state index in [-0.39, 0.29) is 0 Å². The van der Waals surface area contributed by atoms with Gasteiger partial charge >= 0.3 is 0 Å². The van der Waals surface area contributed by atoms with Crippen LogP contribution in [0.3, 0.4) is 0 Å². The predicted molar refractivity (Wildman–Crippen MR) is 82.7 cm³/mol. The lowest BCUT2D eigenvalue weighted by molar-refractivity contribution is -0.132. The Labute approximate surface area is 123 Å². The minimum Gasteiger partial charge on any atom is -0.340 e. The maximum atomic E-state index is 12.3. The van der Waals surface area contributed by atoms with Crippen LogP contribution in [0.1, 0.15) is 46.0 Å². The van der Waals surface area contributed by atoms with Crippen molar-refractivity contribution in [2.75, 3.05) is 39.3 Å². The second kappa shape index (κ2) is 7.99. The average molecular weight is 281 g/mol. The topological polar surface area (TPSA) is 35.6 Å². The summed E-state index contributed by atoms with van der Waals surface area (Å²) < 4.78 is 0. The van der Waals surface area contributed by atoms with Crippen molar-refractivity contribution in [3.8, 4) is 0 Å². The highest BCUT2D eigenvalue weighted by Crippen LogP contribution is 2.24. The minimum atomic E-state index is 0.346. The van der Waals surface area contributed by atoms with Crippen LogP contribution in [0.15, 0.2) is 0 Å². The second-order valence-corrected chi connectivity index (χ2v) is 6.71. The van der Waals surface area contributed by atoms with Crippen LogP contribution in [0.25, 0.3) is 0 Å². The van der Waals surface area contributed by atoms with Crippen LogP contribution in [0.4, 0.5) is 0 Å². The smallest absolute Gasteiger partial charge is 0.223 e. The molecule has 1 aliphatic carbocycles. The van der Waals surface area contributed by atoms with Crippen LogP contribution >= 0.6 is 0 Å². The molecule has 2 rings (SSSR count). The first kappa shape index (κ1) is 15.8. The number of rotatable bonds is 6. The van der Waals surface area contributed by atoms with Gasteiger partial charge in [0.2, 0.25) is 5.91 Å². The van der Waals surface area contributed by atoms with Crippen LogP contribution in [-0.4, -0.2) is 61.0 Å². The maximum Gasteiger partial charge on any atom is 0.223 e. The number of hydrogen-bond acceptors (Lipinski definition) is 3. The molecule has 0 spiro atoms. The van der Waals surface area contributed by atoms with Crippen LogP contribution in [-0.2, 0) is 4.79 Å². The zero-order chi connectivity index (χ0) is 14.4. The largest absolute Gasteiger partial charge is 0.340 e. The molecule has 1 N–H and O–H groups in total. The normalized spacial score (nSPS) is 21.1. The van der Waals surface area contributed by atoms with Crippen molar-refractivity contribution < 1.29 is 4.79 Å². The fourth-order valence-corrected chi connectivity index (χ4v) is 3.47. The number of piperazine rings is 1. The SMILES string of the molecule is CC(C)CN(CCC(=O)N1CCNCC1)C1CCCC1. The van der Waals surface area contributed by atoms with Gasteiger partial charge in [-0.1, -0.05) is 26.7 Å². The molecule has 0 bridgehead atoms. The van der Waals surface area contributed by atoms with Crippen LogP contribution < -0.4 is 5.32 Å².